The van der Waals surface area contributed by atoms with Crippen LogP contribution in [0.3, 0.4) is 0 Å². The monoisotopic (exact) mass is 592 g/mol. The number of aromatic nitrogens is 8. The number of rotatable bonds is 9. The van der Waals surface area contributed by atoms with Gasteiger partial charge in [-0.1, -0.05) is 26.0 Å². The highest BCUT2D eigenvalue weighted by atomic mass is 16.4. The van der Waals surface area contributed by atoms with Crippen LogP contribution in [0.4, 0.5) is 0 Å². The van der Waals surface area contributed by atoms with Gasteiger partial charge in [-0.2, -0.15) is 0 Å². The lowest BCUT2D eigenvalue weighted by Crippen LogP contribution is -1.97. The molecule has 6 heterocycles. The van der Waals surface area contributed by atoms with E-state index in [1.54, 1.807) is 24.8 Å². The Morgan fingerprint density at radius 2 is 0.933 bits per heavy atom. The highest BCUT2D eigenvalue weighted by molar-refractivity contribution is 5.68. The van der Waals surface area contributed by atoms with Gasteiger partial charge in [0.25, 0.3) is 0 Å². The second kappa shape index (κ2) is 12.4. The molecule has 1 aromatic carbocycles. The van der Waals surface area contributed by atoms with Crippen LogP contribution in [-0.4, -0.2) is 40.3 Å². The molecule has 0 bridgehead atoms. The Balaban J connectivity index is 1.19. The lowest BCUT2D eigenvalue weighted by atomic mass is 9.91. The normalized spacial score (nSPS) is 11.3. The molecule has 0 saturated heterocycles. The van der Waals surface area contributed by atoms with E-state index in [2.05, 4.69) is 66.3 Å². The number of benzene rings is 1. The van der Waals surface area contributed by atoms with Gasteiger partial charge < -0.3 is 8.83 Å². The first kappa shape index (κ1) is 27.9. The summed E-state index contributed by atoms with van der Waals surface area (Å²) in [5.41, 5.74) is 7.23. The summed E-state index contributed by atoms with van der Waals surface area (Å²) in [6.07, 6.45) is 8.87. The molecule has 0 radical (unpaired) electrons. The number of hydrogen-bond acceptors (Lipinski definition) is 10. The minimum absolute atomic E-state index is 0.333. The molecule has 10 nitrogen and oxygen atoms in total. The smallest absolute Gasteiger partial charge is 0.249 e. The summed E-state index contributed by atoms with van der Waals surface area (Å²) >= 11 is 0. The Bertz CT molecular complexity index is 1880. The first-order valence-corrected chi connectivity index (χ1v) is 14.8. The zero-order valence-electron chi connectivity index (χ0n) is 24.7. The number of pyridine rings is 4. The van der Waals surface area contributed by atoms with E-state index < -0.39 is 0 Å². The SMILES string of the molecule is CCC(CC)c1cc(-c2nnc(-c3ccc(-c4ccccn4)nc3)o2)cc(-c2nnc(-c3ccc(-c4ccccn4)nc3)o2)c1. The van der Waals surface area contributed by atoms with Gasteiger partial charge in [-0.25, -0.2) is 0 Å². The molecule has 220 valence electrons. The zero-order chi connectivity index (χ0) is 30.6. The number of nitrogens with zero attached hydrogens (tertiary/aromatic N) is 8. The van der Waals surface area contributed by atoms with E-state index in [-0.39, 0.29) is 0 Å². The maximum Gasteiger partial charge on any atom is 0.249 e. The summed E-state index contributed by atoms with van der Waals surface area (Å²) in [6, 6.07) is 25.2. The van der Waals surface area contributed by atoms with Crippen molar-refractivity contribution in [3.8, 4) is 68.6 Å². The highest BCUT2D eigenvalue weighted by Gasteiger charge is 2.19. The molecule has 7 rings (SSSR count). The maximum absolute atomic E-state index is 6.16. The Morgan fingerprint density at radius 1 is 0.489 bits per heavy atom. The summed E-state index contributed by atoms with van der Waals surface area (Å²) in [6.45, 7) is 4.36. The van der Waals surface area contributed by atoms with Crippen LogP contribution in [0, 0.1) is 0 Å². The third-order valence-electron chi connectivity index (χ3n) is 7.63. The third kappa shape index (κ3) is 5.85. The van der Waals surface area contributed by atoms with Gasteiger partial charge in [-0.3, -0.25) is 19.9 Å². The van der Waals surface area contributed by atoms with E-state index >= 15 is 0 Å². The van der Waals surface area contributed by atoms with Crippen molar-refractivity contribution in [2.45, 2.75) is 32.6 Å². The molecule has 7 aromatic rings. The Labute approximate surface area is 259 Å². The lowest BCUT2D eigenvalue weighted by molar-refractivity contribution is 0.581. The van der Waals surface area contributed by atoms with Gasteiger partial charge in [0, 0.05) is 35.9 Å². The molecule has 0 N–H and O–H groups in total. The van der Waals surface area contributed by atoms with Crippen LogP contribution in [0.1, 0.15) is 38.2 Å². The van der Waals surface area contributed by atoms with Gasteiger partial charge in [-0.15, -0.1) is 20.4 Å². The van der Waals surface area contributed by atoms with Crippen molar-refractivity contribution >= 4 is 0 Å². The summed E-state index contributed by atoms with van der Waals surface area (Å²) in [5, 5.41) is 17.4. The fraction of sp³-hybridized carbons (Fsp3) is 0.143. The van der Waals surface area contributed by atoms with E-state index in [0.29, 0.717) is 40.6 Å². The Morgan fingerprint density at radius 3 is 1.31 bits per heavy atom. The summed E-state index contributed by atoms with van der Waals surface area (Å²) < 4.78 is 12.3. The van der Waals surface area contributed by atoms with Crippen molar-refractivity contribution in [3.05, 3.63) is 109 Å². The molecule has 0 unspecified atom stereocenters. The van der Waals surface area contributed by atoms with Crippen LogP contribution >= 0.6 is 0 Å². The van der Waals surface area contributed by atoms with E-state index in [0.717, 1.165) is 52.3 Å². The molecule has 6 aromatic heterocycles. The average molecular weight is 593 g/mol. The van der Waals surface area contributed by atoms with E-state index in [4.69, 9.17) is 8.83 Å². The predicted molar refractivity (Wildman–Crippen MR) is 169 cm³/mol. The van der Waals surface area contributed by atoms with E-state index in [9.17, 15) is 0 Å². The molecule has 10 heteroatoms. The molecule has 0 atom stereocenters. The van der Waals surface area contributed by atoms with Crippen molar-refractivity contribution in [3.63, 3.8) is 0 Å². The second-order valence-electron chi connectivity index (χ2n) is 10.5. The lowest BCUT2D eigenvalue weighted by Gasteiger charge is -2.14. The third-order valence-corrected chi connectivity index (χ3v) is 7.63. The molecule has 0 aliphatic heterocycles. The van der Waals surface area contributed by atoms with E-state index in [1.807, 2.05) is 66.7 Å². The highest BCUT2D eigenvalue weighted by Crippen LogP contribution is 2.34. The molecular weight excluding hydrogens is 564 g/mol. The van der Waals surface area contributed by atoms with Crippen molar-refractivity contribution in [1.29, 1.82) is 0 Å². The van der Waals surface area contributed by atoms with Crippen molar-refractivity contribution in [2.24, 2.45) is 0 Å². The van der Waals surface area contributed by atoms with Crippen LogP contribution in [0.15, 0.2) is 112 Å². The largest absolute Gasteiger partial charge is 0.416 e. The van der Waals surface area contributed by atoms with Crippen LogP contribution in [-0.2, 0) is 0 Å². The summed E-state index contributed by atoms with van der Waals surface area (Å²) in [7, 11) is 0. The van der Waals surface area contributed by atoms with E-state index in [1.165, 1.54) is 0 Å². The summed E-state index contributed by atoms with van der Waals surface area (Å²) in [5.74, 6) is 1.87. The standard InChI is InChI=1S/C35H28N8O2/c1-3-22(4-2)25-17-26(34-42-40-32(44-34)23-11-13-30(38-20-23)28-9-5-7-15-36-28)19-27(18-25)35-43-41-33(45-35)24-12-14-31(39-21-24)29-10-6-8-16-37-29/h5-22H,3-4H2,1-2H3. The Hall–Kier alpha value is -5.90. The van der Waals surface area contributed by atoms with Crippen molar-refractivity contribution in [1.82, 2.24) is 40.3 Å². The quantitative estimate of drug-likeness (QED) is 0.163. The topological polar surface area (TPSA) is 129 Å². The Kier molecular flexibility index (Phi) is 7.67. The summed E-state index contributed by atoms with van der Waals surface area (Å²) in [4.78, 5) is 17.8. The zero-order valence-corrected chi connectivity index (χ0v) is 24.7. The first-order chi connectivity index (χ1) is 22.2. The van der Waals surface area contributed by atoms with Gasteiger partial charge in [0.15, 0.2) is 0 Å². The van der Waals surface area contributed by atoms with Crippen LogP contribution in [0.2, 0.25) is 0 Å². The fourth-order valence-corrected chi connectivity index (χ4v) is 5.18. The fourth-order valence-electron chi connectivity index (χ4n) is 5.18. The number of hydrogen-bond donors (Lipinski definition) is 0. The van der Waals surface area contributed by atoms with Gasteiger partial charge in [-0.05, 0) is 91.1 Å². The molecule has 0 saturated carbocycles. The predicted octanol–water partition coefficient (Wildman–Crippen LogP) is 7.94. The van der Waals surface area contributed by atoms with Crippen LogP contribution in [0.25, 0.3) is 68.6 Å². The minimum Gasteiger partial charge on any atom is -0.416 e. The molecular formula is C35H28N8O2. The van der Waals surface area contributed by atoms with Gasteiger partial charge >= 0.3 is 0 Å². The molecule has 0 aliphatic carbocycles. The van der Waals surface area contributed by atoms with Gasteiger partial charge in [0.1, 0.15) is 0 Å². The van der Waals surface area contributed by atoms with Crippen LogP contribution < -0.4 is 0 Å². The maximum atomic E-state index is 6.16. The molecule has 0 amide bonds. The van der Waals surface area contributed by atoms with Gasteiger partial charge in [0.05, 0.1) is 33.9 Å². The molecule has 0 aliphatic rings. The minimum atomic E-state index is 0.333. The second-order valence-corrected chi connectivity index (χ2v) is 10.5. The molecule has 0 spiro atoms. The molecule has 0 fully saturated rings. The first-order valence-electron chi connectivity index (χ1n) is 14.8. The van der Waals surface area contributed by atoms with Crippen LogP contribution in [0.5, 0.6) is 0 Å². The molecule has 45 heavy (non-hydrogen) atoms. The van der Waals surface area contributed by atoms with Crippen molar-refractivity contribution < 1.29 is 8.83 Å². The van der Waals surface area contributed by atoms with Gasteiger partial charge in [0.2, 0.25) is 23.6 Å². The van der Waals surface area contributed by atoms with Crippen molar-refractivity contribution in [2.75, 3.05) is 0 Å². The average Bonchev–Trinajstić information content (AvgIpc) is 3.81.